The number of hydrogen-bond donors (Lipinski definition) is 2. The molecule has 0 bridgehead atoms. The van der Waals surface area contributed by atoms with Crippen molar-refractivity contribution in [3.05, 3.63) is 64.7 Å². The van der Waals surface area contributed by atoms with E-state index < -0.39 is 10.0 Å². The Labute approximate surface area is 180 Å². The van der Waals surface area contributed by atoms with Crippen molar-refractivity contribution < 1.29 is 13.2 Å². The first-order valence-corrected chi connectivity index (χ1v) is 12.2. The minimum Gasteiger partial charge on any atom is -0.352 e. The second-order valence-corrected chi connectivity index (χ2v) is 9.51. The molecule has 30 heavy (non-hydrogen) atoms. The van der Waals surface area contributed by atoms with E-state index in [-0.39, 0.29) is 11.7 Å². The fourth-order valence-corrected chi connectivity index (χ4v) is 4.82. The highest BCUT2D eigenvalue weighted by Gasteiger charge is 2.11. The number of amides is 1. The van der Waals surface area contributed by atoms with Gasteiger partial charge >= 0.3 is 0 Å². The summed E-state index contributed by atoms with van der Waals surface area (Å²) in [6.45, 7) is 2.31. The van der Waals surface area contributed by atoms with Crippen molar-refractivity contribution in [3.63, 3.8) is 0 Å². The molecule has 0 aliphatic heterocycles. The van der Waals surface area contributed by atoms with Gasteiger partial charge in [0.15, 0.2) is 0 Å². The summed E-state index contributed by atoms with van der Waals surface area (Å²) in [4.78, 5) is 21.0. The Bertz CT molecular complexity index is 1080. The summed E-state index contributed by atoms with van der Waals surface area (Å²) >= 11 is 1.60. The van der Waals surface area contributed by atoms with Gasteiger partial charge in [0.05, 0.1) is 16.5 Å². The molecule has 1 amide bonds. The largest absolute Gasteiger partial charge is 0.352 e. The molecule has 3 aromatic rings. The lowest BCUT2D eigenvalue weighted by Gasteiger charge is -2.09. The molecule has 0 radical (unpaired) electrons. The van der Waals surface area contributed by atoms with Crippen molar-refractivity contribution in [2.24, 2.45) is 0 Å². The summed E-state index contributed by atoms with van der Waals surface area (Å²) in [7, 11) is -3.39. The number of aromatic nitrogens is 2. The van der Waals surface area contributed by atoms with Gasteiger partial charge in [0.2, 0.25) is 10.0 Å². The first-order valence-electron chi connectivity index (χ1n) is 9.70. The molecule has 0 saturated carbocycles. The highest BCUT2D eigenvalue weighted by molar-refractivity contribution is 7.92. The molecule has 2 heterocycles. The third kappa shape index (κ3) is 6.36. The molecule has 3 rings (SSSR count). The maximum atomic E-state index is 12.4. The molecule has 2 aromatic heterocycles. The SMILES string of the molecule is CCCS(=O)(=O)Nc1cccc(C(=O)NCCCc2nc(-c3ccncc3)cs2)c1. The molecule has 0 saturated heterocycles. The van der Waals surface area contributed by atoms with Crippen LogP contribution in [0.25, 0.3) is 11.3 Å². The zero-order valence-corrected chi connectivity index (χ0v) is 18.3. The van der Waals surface area contributed by atoms with E-state index in [2.05, 4.69) is 20.0 Å². The van der Waals surface area contributed by atoms with Crippen molar-refractivity contribution >= 4 is 33.0 Å². The molecule has 0 aliphatic rings. The fourth-order valence-electron chi connectivity index (χ4n) is 2.85. The van der Waals surface area contributed by atoms with Crippen LogP contribution in [-0.4, -0.2) is 36.6 Å². The molecular weight excluding hydrogens is 420 g/mol. The number of thiazole rings is 1. The zero-order chi connectivity index (χ0) is 21.4. The number of pyridine rings is 1. The Kier molecular flexibility index (Phi) is 7.53. The van der Waals surface area contributed by atoms with Crippen LogP contribution >= 0.6 is 11.3 Å². The van der Waals surface area contributed by atoms with Crippen molar-refractivity contribution in [2.75, 3.05) is 17.0 Å². The number of sulfonamides is 1. The van der Waals surface area contributed by atoms with Crippen LogP contribution in [0.1, 0.15) is 35.1 Å². The van der Waals surface area contributed by atoms with Gasteiger partial charge in [-0.25, -0.2) is 13.4 Å². The standard InChI is InChI=1S/C21H24N4O3S2/c1-2-13-30(27,28)25-18-6-3-5-17(14-18)21(26)23-10-4-7-20-24-19(15-29-20)16-8-11-22-12-9-16/h3,5-6,8-9,11-12,14-15,25H,2,4,7,10,13H2,1H3,(H,23,26). The van der Waals surface area contributed by atoms with Gasteiger partial charge in [-0.2, -0.15) is 0 Å². The first kappa shape index (κ1) is 21.9. The Balaban J connectivity index is 1.48. The van der Waals surface area contributed by atoms with E-state index in [1.54, 1.807) is 54.9 Å². The Hall–Kier alpha value is -2.78. The minimum absolute atomic E-state index is 0.0447. The van der Waals surface area contributed by atoms with E-state index >= 15 is 0 Å². The topological polar surface area (TPSA) is 101 Å². The minimum atomic E-state index is -3.39. The van der Waals surface area contributed by atoms with Gasteiger partial charge in [-0.1, -0.05) is 13.0 Å². The number of aryl methyl sites for hydroxylation is 1. The van der Waals surface area contributed by atoms with Gasteiger partial charge in [0.1, 0.15) is 0 Å². The quantitative estimate of drug-likeness (QED) is 0.464. The van der Waals surface area contributed by atoms with Gasteiger partial charge in [-0.05, 0) is 43.2 Å². The van der Waals surface area contributed by atoms with Crippen LogP contribution in [0.3, 0.4) is 0 Å². The zero-order valence-electron chi connectivity index (χ0n) is 16.7. The lowest BCUT2D eigenvalue weighted by atomic mass is 10.2. The van der Waals surface area contributed by atoms with Crippen LogP contribution in [0.5, 0.6) is 0 Å². The predicted molar refractivity (Wildman–Crippen MR) is 120 cm³/mol. The van der Waals surface area contributed by atoms with E-state index in [1.807, 2.05) is 17.5 Å². The monoisotopic (exact) mass is 444 g/mol. The van der Waals surface area contributed by atoms with Crippen LogP contribution in [0.15, 0.2) is 54.2 Å². The molecule has 0 unspecified atom stereocenters. The summed E-state index contributed by atoms with van der Waals surface area (Å²) in [5, 5.41) is 5.91. The van der Waals surface area contributed by atoms with Crippen molar-refractivity contribution in [1.82, 2.24) is 15.3 Å². The van der Waals surface area contributed by atoms with Crippen molar-refractivity contribution in [3.8, 4) is 11.3 Å². The highest BCUT2D eigenvalue weighted by atomic mass is 32.2. The van der Waals surface area contributed by atoms with Crippen LogP contribution in [0.2, 0.25) is 0 Å². The van der Waals surface area contributed by atoms with E-state index in [0.29, 0.717) is 24.2 Å². The van der Waals surface area contributed by atoms with Crippen LogP contribution in [-0.2, 0) is 16.4 Å². The summed E-state index contributed by atoms with van der Waals surface area (Å²) in [6, 6.07) is 10.4. The lowest BCUT2D eigenvalue weighted by molar-refractivity contribution is 0.0953. The van der Waals surface area contributed by atoms with Gasteiger partial charge in [-0.3, -0.25) is 14.5 Å². The number of nitrogens with zero attached hydrogens (tertiary/aromatic N) is 2. The van der Waals surface area contributed by atoms with E-state index in [9.17, 15) is 13.2 Å². The molecule has 0 fully saturated rings. The van der Waals surface area contributed by atoms with Gasteiger partial charge in [0, 0.05) is 47.6 Å². The number of carbonyl (C=O) groups excluding carboxylic acids is 1. The Morgan fingerprint density at radius 1 is 1.17 bits per heavy atom. The Morgan fingerprint density at radius 3 is 2.73 bits per heavy atom. The second kappa shape index (κ2) is 10.3. The molecule has 7 nitrogen and oxygen atoms in total. The predicted octanol–water partition coefficient (Wildman–Crippen LogP) is 3.72. The smallest absolute Gasteiger partial charge is 0.251 e. The lowest BCUT2D eigenvalue weighted by Crippen LogP contribution is -2.25. The molecule has 9 heteroatoms. The number of benzene rings is 1. The van der Waals surface area contributed by atoms with Crippen LogP contribution < -0.4 is 10.0 Å². The maximum absolute atomic E-state index is 12.4. The normalized spacial score (nSPS) is 11.2. The number of hydrogen-bond acceptors (Lipinski definition) is 6. The molecule has 0 aliphatic carbocycles. The third-order valence-electron chi connectivity index (χ3n) is 4.25. The molecule has 2 N–H and O–H groups in total. The average Bonchev–Trinajstić information content (AvgIpc) is 3.20. The van der Waals surface area contributed by atoms with Gasteiger partial charge in [-0.15, -0.1) is 11.3 Å². The third-order valence-corrected chi connectivity index (χ3v) is 6.65. The van der Waals surface area contributed by atoms with Crippen molar-refractivity contribution in [2.45, 2.75) is 26.2 Å². The van der Waals surface area contributed by atoms with Gasteiger partial charge < -0.3 is 5.32 Å². The van der Waals surface area contributed by atoms with Crippen LogP contribution in [0.4, 0.5) is 5.69 Å². The van der Waals surface area contributed by atoms with E-state index in [4.69, 9.17) is 0 Å². The van der Waals surface area contributed by atoms with E-state index in [1.165, 1.54) is 0 Å². The van der Waals surface area contributed by atoms with Crippen molar-refractivity contribution in [1.29, 1.82) is 0 Å². The molecule has 0 spiro atoms. The number of nitrogens with one attached hydrogen (secondary N) is 2. The highest BCUT2D eigenvalue weighted by Crippen LogP contribution is 2.21. The maximum Gasteiger partial charge on any atom is 0.251 e. The molecule has 0 atom stereocenters. The number of rotatable bonds is 10. The average molecular weight is 445 g/mol. The molecule has 1 aromatic carbocycles. The Morgan fingerprint density at radius 2 is 1.97 bits per heavy atom. The molecule has 158 valence electrons. The van der Waals surface area contributed by atoms with Gasteiger partial charge in [0.25, 0.3) is 5.91 Å². The number of carbonyl (C=O) groups is 1. The molecular formula is C21H24N4O3S2. The van der Waals surface area contributed by atoms with Crippen LogP contribution in [0, 0.1) is 0 Å². The van der Waals surface area contributed by atoms with E-state index in [0.717, 1.165) is 29.1 Å². The summed E-state index contributed by atoms with van der Waals surface area (Å²) in [5.74, 6) is -0.188. The summed E-state index contributed by atoms with van der Waals surface area (Å²) < 4.78 is 26.3. The fraction of sp³-hybridized carbons (Fsp3) is 0.286. The first-order chi connectivity index (χ1) is 14.5. The number of anilines is 1. The summed E-state index contributed by atoms with van der Waals surface area (Å²) in [5.41, 5.74) is 2.78. The summed E-state index contributed by atoms with van der Waals surface area (Å²) in [6.07, 6.45) is 5.55. The second-order valence-electron chi connectivity index (χ2n) is 6.72.